The number of nitrogens with two attached hydrogens (primary N) is 1. The van der Waals surface area contributed by atoms with Crippen LogP contribution in [0.3, 0.4) is 0 Å². The lowest BCUT2D eigenvalue weighted by Gasteiger charge is -2.06. The molecular formula is C13H14N2S. The van der Waals surface area contributed by atoms with Crippen molar-refractivity contribution in [1.82, 2.24) is 4.98 Å². The predicted octanol–water partition coefficient (Wildman–Crippen LogP) is 3.26. The van der Waals surface area contributed by atoms with Gasteiger partial charge in [-0.1, -0.05) is 6.07 Å². The molecule has 2 rings (SSSR count). The van der Waals surface area contributed by atoms with Crippen molar-refractivity contribution in [2.24, 2.45) is 0 Å². The number of hydrogen-bond acceptors (Lipinski definition) is 3. The van der Waals surface area contributed by atoms with E-state index in [0.29, 0.717) is 0 Å². The largest absolute Gasteiger partial charge is 0.399 e. The number of anilines is 1. The highest BCUT2D eigenvalue weighted by molar-refractivity contribution is 7.98. The van der Waals surface area contributed by atoms with Gasteiger partial charge in [0.1, 0.15) is 0 Å². The molecule has 0 spiro atoms. The molecule has 0 aliphatic rings. The number of aryl methyl sites for hydroxylation is 1. The van der Waals surface area contributed by atoms with E-state index in [1.807, 2.05) is 36.2 Å². The molecule has 16 heavy (non-hydrogen) atoms. The Kier molecular flexibility index (Phi) is 3.47. The van der Waals surface area contributed by atoms with E-state index in [-0.39, 0.29) is 0 Å². The van der Waals surface area contributed by atoms with Gasteiger partial charge < -0.3 is 5.73 Å². The lowest BCUT2D eigenvalue weighted by Crippen LogP contribution is -1.88. The van der Waals surface area contributed by atoms with Gasteiger partial charge in [-0.3, -0.25) is 4.98 Å². The van der Waals surface area contributed by atoms with Crippen LogP contribution in [0.4, 0.5) is 5.69 Å². The van der Waals surface area contributed by atoms with E-state index in [1.54, 1.807) is 6.20 Å². The summed E-state index contributed by atoms with van der Waals surface area (Å²) >= 11 is 1.81. The van der Waals surface area contributed by atoms with Crippen molar-refractivity contribution < 1.29 is 0 Å². The summed E-state index contributed by atoms with van der Waals surface area (Å²) in [5.74, 6) is 0.943. The van der Waals surface area contributed by atoms with Crippen LogP contribution in [0.5, 0.6) is 0 Å². The van der Waals surface area contributed by atoms with Crippen molar-refractivity contribution in [3.8, 4) is 0 Å². The van der Waals surface area contributed by atoms with Crippen LogP contribution in [0, 0.1) is 6.92 Å². The second kappa shape index (κ2) is 5.03. The molecule has 2 N–H and O–H groups in total. The molecule has 82 valence electrons. The second-order valence-corrected chi connectivity index (χ2v) is 4.69. The fraction of sp³-hybridized carbons (Fsp3) is 0.154. The Balaban J connectivity index is 2.05. The topological polar surface area (TPSA) is 38.9 Å². The van der Waals surface area contributed by atoms with Crippen LogP contribution in [0.2, 0.25) is 0 Å². The van der Waals surface area contributed by atoms with Crippen molar-refractivity contribution >= 4 is 17.4 Å². The maximum atomic E-state index is 5.72. The fourth-order valence-corrected chi connectivity index (χ4v) is 2.42. The molecule has 0 aliphatic heterocycles. The van der Waals surface area contributed by atoms with Crippen LogP contribution >= 0.6 is 11.8 Å². The zero-order chi connectivity index (χ0) is 11.4. The Morgan fingerprint density at radius 3 is 2.88 bits per heavy atom. The summed E-state index contributed by atoms with van der Waals surface area (Å²) in [6, 6.07) is 10.1. The molecule has 0 aliphatic carbocycles. The molecule has 2 nitrogen and oxygen atoms in total. The third kappa shape index (κ3) is 2.76. The lowest BCUT2D eigenvalue weighted by molar-refractivity contribution is 1.24. The van der Waals surface area contributed by atoms with E-state index in [9.17, 15) is 0 Å². The first kappa shape index (κ1) is 11.0. The molecule has 0 saturated carbocycles. The van der Waals surface area contributed by atoms with Crippen molar-refractivity contribution in [2.75, 3.05) is 5.73 Å². The van der Waals surface area contributed by atoms with E-state index in [0.717, 1.165) is 11.4 Å². The van der Waals surface area contributed by atoms with Gasteiger partial charge in [-0.25, -0.2) is 0 Å². The molecule has 1 heterocycles. The van der Waals surface area contributed by atoms with Gasteiger partial charge in [0.2, 0.25) is 0 Å². The first-order chi connectivity index (χ1) is 7.75. The third-order valence-electron chi connectivity index (χ3n) is 2.32. The Morgan fingerprint density at radius 2 is 2.19 bits per heavy atom. The molecule has 0 unspecified atom stereocenters. The minimum Gasteiger partial charge on any atom is -0.399 e. The Bertz CT molecular complexity index is 469. The van der Waals surface area contributed by atoms with Gasteiger partial charge >= 0.3 is 0 Å². The van der Waals surface area contributed by atoms with Gasteiger partial charge in [0, 0.05) is 28.7 Å². The number of nitrogens with zero attached hydrogens (tertiary/aromatic N) is 1. The van der Waals surface area contributed by atoms with E-state index in [2.05, 4.69) is 24.0 Å². The van der Waals surface area contributed by atoms with E-state index in [1.165, 1.54) is 16.0 Å². The predicted molar refractivity (Wildman–Crippen MR) is 69.4 cm³/mol. The van der Waals surface area contributed by atoms with Crippen LogP contribution in [-0.2, 0) is 5.75 Å². The van der Waals surface area contributed by atoms with Gasteiger partial charge in [-0.15, -0.1) is 11.8 Å². The van der Waals surface area contributed by atoms with Gasteiger partial charge in [-0.2, -0.15) is 0 Å². The molecule has 0 amide bonds. The zero-order valence-corrected chi connectivity index (χ0v) is 10.00. The highest BCUT2D eigenvalue weighted by atomic mass is 32.2. The van der Waals surface area contributed by atoms with Crippen molar-refractivity contribution in [2.45, 2.75) is 17.6 Å². The van der Waals surface area contributed by atoms with Crippen LogP contribution in [0.1, 0.15) is 11.1 Å². The molecule has 0 fully saturated rings. The van der Waals surface area contributed by atoms with Crippen molar-refractivity contribution in [3.63, 3.8) is 0 Å². The van der Waals surface area contributed by atoms with Crippen molar-refractivity contribution in [3.05, 3.63) is 53.9 Å². The molecule has 0 radical (unpaired) electrons. The molecular weight excluding hydrogens is 216 g/mol. The van der Waals surface area contributed by atoms with Crippen LogP contribution in [0.25, 0.3) is 0 Å². The first-order valence-corrected chi connectivity index (χ1v) is 6.12. The standard InChI is InChI=1S/C13H14N2S/c1-10-7-12(14)4-5-13(10)16-9-11-3-2-6-15-8-11/h2-8H,9,14H2,1H3. The Morgan fingerprint density at radius 1 is 1.31 bits per heavy atom. The normalized spacial score (nSPS) is 10.3. The van der Waals surface area contributed by atoms with Crippen LogP contribution in [0.15, 0.2) is 47.6 Å². The van der Waals surface area contributed by atoms with Gasteiger partial charge in [0.25, 0.3) is 0 Å². The Hall–Kier alpha value is -1.48. The maximum absolute atomic E-state index is 5.72. The summed E-state index contributed by atoms with van der Waals surface area (Å²) in [6.07, 6.45) is 3.70. The van der Waals surface area contributed by atoms with E-state index < -0.39 is 0 Å². The number of pyridine rings is 1. The highest BCUT2D eigenvalue weighted by Crippen LogP contribution is 2.26. The second-order valence-electron chi connectivity index (χ2n) is 3.67. The summed E-state index contributed by atoms with van der Waals surface area (Å²) in [5, 5.41) is 0. The van der Waals surface area contributed by atoms with E-state index >= 15 is 0 Å². The van der Waals surface area contributed by atoms with Gasteiger partial charge in [0.05, 0.1) is 0 Å². The Labute approximate surface area is 99.9 Å². The average Bonchev–Trinajstić information content (AvgIpc) is 2.29. The minimum absolute atomic E-state index is 0.822. The first-order valence-electron chi connectivity index (χ1n) is 5.13. The SMILES string of the molecule is Cc1cc(N)ccc1SCc1cccnc1. The summed E-state index contributed by atoms with van der Waals surface area (Å²) in [5.41, 5.74) is 9.01. The van der Waals surface area contributed by atoms with Crippen LogP contribution in [-0.4, -0.2) is 4.98 Å². The van der Waals surface area contributed by atoms with E-state index in [4.69, 9.17) is 5.73 Å². The number of benzene rings is 1. The molecule has 1 aromatic carbocycles. The average molecular weight is 230 g/mol. The summed E-state index contributed by atoms with van der Waals surface area (Å²) in [6.45, 7) is 2.09. The molecule has 0 bridgehead atoms. The van der Waals surface area contributed by atoms with Gasteiger partial charge in [0.15, 0.2) is 0 Å². The zero-order valence-electron chi connectivity index (χ0n) is 9.18. The molecule has 0 atom stereocenters. The molecule has 0 saturated heterocycles. The number of aromatic nitrogens is 1. The molecule has 1 aromatic heterocycles. The molecule has 2 aromatic rings. The molecule has 3 heteroatoms. The smallest absolute Gasteiger partial charge is 0.0317 e. The van der Waals surface area contributed by atoms with Crippen molar-refractivity contribution in [1.29, 1.82) is 0 Å². The fourth-order valence-electron chi connectivity index (χ4n) is 1.48. The van der Waals surface area contributed by atoms with Gasteiger partial charge in [-0.05, 0) is 42.3 Å². The maximum Gasteiger partial charge on any atom is 0.0317 e. The highest BCUT2D eigenvalue weighted by Gasteiger charge is 2.00. The summed E-state index contributed by atoms with van der Waals surface area (Å²) < 4.78 is 0. The monoisotopic (exact) mass is 230 g/mol. The third-order valence-corrected chi connectivity index (χ3v) is 3.56. The summed E-state index contributed by atoms with van der Waals surface area (Å²) in [7, 11) is 0. The minimum atomic E-state index is 0.822. The number of hydrogen-bond donors (Lipinski definition) is 1. The van der Waals surface area contributed by atoms with Crippen LogP contribution < -0.4 is 5.73 Å². The lowest BCUT2D eigenvalue weighted by atomic mass is 10.2. The number of nitrogen functional groups attached to an aromatic ring is 1. The number of rotatable bonds is 3. The quantitative estimate of drug-likeness (QED) is 0.649. The number of thioether (sulfide) groups is 1. The summed E-state index contributed by atoms with van der Waals surface area (Å²) in [4.78, 5) is 5.38.